The molecule has 0 radical (unpaired) electrons. The minimum atomic E-state index is -1.02. The zero-order valence-electron chi connectivity index (χ0n) is 10.3. The Hall–Kier alpha value is -1.01. The van der Waals surface area contributed by atoms with Crippen LogP contribution in [0.3, 0.4) is 0 Å². The van der Waals surface area contributed by atoms with Crippen molar-refractivity contribution in [3.05, 3.63) is 33.8 Å². The van der Waals surface area contributed by atoms with E-state index in [4.69, 9.17) is 0 Å². The SMILES string of the molecule is O=C(NCCC1CCNC1)c1cc(F)c(F)cc1Br. The molecule has 1 atom stereocenters. The van der Waals surface area contributed by atoms with E-state index in [1.165, 1.54) is 0 Å². The topological polar surface area (TPSA) is 41.1 Å². The maximum Gasteiger partial charge on any atom is 0.252 e. The fraction of sp³-hybridized carbons (Fsp3) is 0.462. The van der Waals surface area contributed by atoms with E-state index in [2.05, 4.69) is 26.6 Å². The zero-order chi connectivity index (χ0) is 13.8. The van der Waals surface area contributed by atoms with Crippen LogP contribution in [0.5, 0.6) is 0 Å². The lowest BCUT2D eigenvalue weighted by molar-refractivity contribution is 0.0950. The molecule has 6 heteroatoms. The van der Waals surface area contributed by atoms with Crippen molar-refractivity contribution in [2.45, 2.75) is 12.8 Å². The van der Waals surface area contributed by atoms with Crippen LogP contribution in [0, 0.1) is 17.6 Å². The van der Waals surface area contributed by atoms with Gasteiger partial charge in [0.1, 0.15) is 0 Å². The first-order valence-corrected chi connectivity index (χ1v) is 7.00. The van der Waals surface area contributed by atoms with Crippen molar-refractivity contribution in [2.24, 2.45) is 5.92 Å². The molecule has 0 saturated carbocycles. The van der Waals surface area contributed by atoms with Gasteiger partial charge >= 0.3 is 0 Å². The standard InChI is InChI=1S/C13H15BrF2N2O/c14-10-6-12(16)11(15)5-9(10)13(19)18-4-2-8-1-3-17-7-8/h5-6,8,17H,1-4,7H2,(H,18,19). The monoisotopic (exact) mass is 332 g/mol. The van der Waals surface area contributed by atoms with Gasteiger partial charge in [0.15, 0.2) is 11.6 Å². The van der Waals surface area contributed by atoms with E-state index in [1.807, 2.05) is 0 Å². The van der Waals surface area contributed by atoms with Crippen LogP contribution in [0.25, 0.3) is 0 Å². The summed E-state index contributed by atoms with van der Waals surface area (Å²) in [6.45, 7) is 2.54. The van der Waals surface area contributed by atoms with Crippen molar-refractivity contribution in [1.29, 1.82) is 0 Å². The molecule has 0 spiro atoms. The average molecular weight is 333 g/mol. The number of nitrogens with one attached hydrogen (secondary N) is 2. The molecule has 0 aromatic heterocycles. The maximum absolute atomic E-state index is 13.1. The molecule has 1 saturated heterocycles. The minimum Gasteiger partial charge on any atom is -0.352 e. The van der Waals surface area contributed by atoms with E-state index >= 15 is 0 Å². The molecule has 1 aromatic carbocycles. The maximum atomic E-state index is 13.1. The Balaban J connectivity index is 1.90. The first-order valence-electron chi connectivity index (χ1n) is 6.21. The number of carbonyl (C=O) groups excluding carboxylic acids is 1. The van der Waals surface area contributed by atoms with Crippen LogP contribution >= 0.6 is 15.9 Å². The van der Waals surface area contributed by atoms with E-state index in [9.17, 15) is 13.6 Å². The number of amides is 1. The first-order chi connectivity index (χ1) is 9.08. The Morgan fingerprint density at radius 1 is 1.42 bits per heavy atom. The van der Waals surface area contributed by atoms with Gasteiger partial charge in [-0.15, -0.1) is 0 Å². The number of halogens is 3. The third-order valence-corrected chi connectivity index (χ3v) is 3.91. The van der Waals surface area contributed by atoms with Gasteiger partial charge in [-0.2, -0.15) is 0 Å². The van der Waals surface area contributed by atoms with Crippen LogP contribution in [-0.2, 0) is 0 Å². The van der Waals surface area contributed by atoms with Gasteiger partial charge < -0.3 is 10.6 Å². The number of rotatable bonds is 4. The highest BCUT2D eigenvalue weighted by atomic mass is 79.9. The Kier molecular flexibility index (Phi) is 4.87. The summed E-state index contributed by atoms with van der Waals surface area (Å²) in [5.74, 6) is -1.81. The highest BCUT2D eigenvalue weighted by Gasteiger charge is 2.16. The number of carbonyl (C=O) groups is 1. The van der Waals surface area contributed by atoms with Gasteiger partial charge in [0, 0.05) is 11.0 Å². The van der Waals surface area contributed by atoms with Gasteiger partial charge in [0.05, 0.1) is 5.56 Å². The second-order valence-electron chi connectivity index (χ2n) is 4.65. The minimum absolute atomic E-state index is 0.114. The normalized spacial score (nSPS) is 18.6. The fourth-order valence-corrected chi connectivity index (χ4v) is 2.64. The lowest BCUT2D eigenvalue weighted by Gasteiger charge is -2.10. The number of hydrogen-bond acceptors (Lipinski definition) is 2. The quantitative estimate of drug-likeness (QED) is 0.831. The molecule has 1 amide bonds. The lowest BCUT2D eigenvalue weighted by Crippen LogP contribution is -2.27. The molecule has 1 aliphatic rings. The van der Waals surface area contributed by atoms with Crippen molar-refractivity contribution in [3.8, 4) is 0 Å². The summed E-state index contributed by atoms with van der Waals surface area (Å²) in [6.07, 6.45) is 2.00. The average Bonchev–Trinajstić information content (AvgIpc) is 2.86. The van der Waals surface area contributed by atoms with E-state index in [-0.39, 0.29) is 10.0 Å². The summed E-state index contributed by atoms with van der Waals surface area (Å²) in [7, 11) is 0. The van der Waals surface area contributed by atoms with E-state index in [1.54, 1.807) is 0 Å². The van der Waals surface area contributed by atoms with E-state index < -0.39 is 17.5 Å². The van der Waals surface area contributed by atoms with Gasteiger partial charge in [0.2, 0.25) is 0 Å². The molecule has 1 aromatic rings. The van der Waals surface area contributed by atoms with Gasteiger partial charge in [-0.1, -0.05) is 0 Å². The Morgan fingerprint density at radius 3 is 2.84 bits per heavy atom. The number of hydrogen-bond donors (Lipinski definition) is 2. The molecule has 1 fully saturated rings. The van der Waals surface area contributed by atoms with Crippen LogP contribution in [0.2, 0.25) is 0 Å². The third-order valence-electron chi connectivity index (χ3n) is 3.26. The third kappa shape index (κ3) is 3.73. The highest BCUT2D eigenvalue weighted by molar-refractivity contribution is 9.10. The van der Waals surface area contributed by atoms with Crippen LogP contribution in [0.15, 0.2) is 16.6 Å². The van der Waals surface area contributed by atoms with Crippen LogP contribution < -0.4 is 10.6 Å². The Labute approximate surface area is 118 Å². The highest BCUT2D eigenvalue weighted by Crippen LogP contribution is 2.20. The molecule has 0 aliphatic carbocycles. The molecule has 1 heterocycles. The van der Waals surface area contributed by atoms with Gasteiger partial charge in [-0.05, 0) is 59.9 Å². The molecule has 3 nitrogen and oxygen atoms in total. The molecule has 1 aliphatic heterocycles. The summed E-state index contributed by atoms with van der Waals surface area (Å²) in [6, 6.07) is 1.87. The second kappa shape index (κ2) is 6.43. The first kappa shape index (κ1) is 14.4. The van der Waals surface area contributed by atoms with Crippen LogP contribution in [0.4, 0.5) is 8.78 Å². The summed E-state index contributed by atoms with van der Waals surface area (Å²) in [5.41, 5.74) is 0.114. The second-order valence-corrected chi connectivity index (χ2v) is 5.50. The molecular formula is C13H15BrF2N2O. The summed E-state index contributed by atoms with van der Waals surface area (Å²) in [5, 5.41) is 5.98. The molecule has 2 N–H and O–H groups in total. The summed E-state index contributed by atoms with van der Waals surface area (Å²) in [4.78, 5) is 11.9. The Morgan fingerprint density at radius 2 is 2.16 bits per heavy atom. The number of benzene rings is 1. The van der Waals surface area contributed by atoms with Crippen molar-refractivity contribution >= 4 is 21.8 Å². The molecule has 0 bridgehead atoms. The predicted octanol–water partition coefficient (Wildman–Crippen LogP) is 2.46. The molecule has 19 heavy (non-hydrogen) atoms. The zero-order valence-corrected chi connectivity index (χ0v) is 11.9. The van der Waals surface area contributed by atoms with Crippen LogP contribution in [-0.4, -0.2) is 25.5 Å². The van der Waals surface area contributed by atoms with E-state index in [0.29, 0.717) is 12.5 Å². The van der Waals surface area contributed by atoms with Crippen molar-refractivity contribution < 1.29 is 13.6 Å². The van der Waals surface area contributed by atoms with Gasteiger partial charge in [-0.3, -0.25) is 4.79 Å². The molecular weight excluding hydrogens is 318 g/mol. The largest absolute Gasteiger partial charge is 0.352 e. The molecule has 2 rings (SSSR count). The van der Waals surface area contributed by atoms with Crippen molar-refractivity contribution in [1.82, 2.24) is 10.6 Å². The summed E-state index contributed by atoms with van der Waals surface area (Å²) < 4.78 is 26.3. The van der Waals surface area contributed by atoms with Gasteiger partial charge in [-0.25, -0.2) is 8.78 Å². The summed E-state index contributed by atoms with van der Waals surface area (Å²) >= 11 is 3.06. The Bertz CT molecular complexity index is 476. The molecule has 104 valence electrons. The van der Waals surface area contributed by atoms with Crippen LogP contribution in [0.1, 0.15) is 23.2 Å². The predicted molar refractivity (Wildman–Crippen MR) is 72.0 cm³/mol. The van der Waals surface area contributed by atoms with Crippen molar-refractivity contribution in [3.63, 3.8) is 0 Å². The lowest BCUT2D eigenvalue weighted by atomic mass is 10.1. The van der Waals surface area contributed by atoms with E-state index in [0.717, 1.165) is 38.1 Å². The smallest absolute Gasteiger partial charge is 0.252 e. The van der Waals surface area contributed by atoms with Gasteiger partial charge in [0.25, 0.3) is 5.91 Å². The molecule has 1 unspecified atom stereocenters. The fourth-order valence-electron chi connectivity index (χ4n) is 2.14. The van der Waals surface area contributed by atoms with Crippen molar-refractivity contribution in [2.75, 3.05) is 19.6 Å².